The second-order valence-electron chi connectivity index (χ2n) is 3.72. The van der Waals surface area contributed by atoms with Crippen molar-refractivity contribution in [2.45, 2.75) is 26.4 Å². The van der Waals surface area contributed by atoms with Crippen molar-refractivity contribution in [2.24, 2.45) is 5.73 Å². The van der Waals surface area contributed by atoms with Gasteiger partial charge in [0.2, 0.25) is 10.0 Å². The van der Waals surface area contributed by atoms with Crippen LogP contribution >= 0.6 is 0 Å². The first-order valence-corrected chi connectivity index (χ1v) is 6.83. The molecule has 90 valence electrons. The fraction of sp³-hybridized carbons (Fsp3) is 0.667. The fourth-order valence-corrected chi connectivity index (χ4v) is 2.88. The minimum absolute atomic E-state index is 0.117. The minimum Gasteiger partial charge on any atom is -0.361 e. The smallest absolute Gasteiger partial charge is 0.214 e. The Morgan fingerprint density at radius 1 is 1.56 bits per heavy atom. The normalized spacial score (nSPS) is 17.4. The molecule has 2 rings (SSSR count). The average Bonchev–Trinajstić information content (AvgIpc) is 2.70. The summed E-state index contributed by atoms with van der Waals surface area (Å²) in [5.41, 5.74) is 7.01. The highest BCUT2D eigenvalue weighted by Crippen LogP contribution is 2.24. The number of nitrogens with zero attached hydrogens (tertiary/aromatic N) is 2. The zero-order valence-corrected chi connectivity index (χ0v) is 9.96. The summed E-state index contributed by atoms with van der Waals surface area (Å²) in [6.07, 6.45) is 0.571. The molecule has 0 atom stereocenters. The molecule has 0 radical (unpaired) electrons. The molecule has 0 saturated heterocycles. The zero-order valence-electron chi connectivity index (χ0n) is 9.14. The first kappa shape index (κ1) is 11.6. The van der Waals surface area contributed by atoms with E-state index in [1.165, 1.54) is 4.31 Å². The van der Waals surface area contributed by atoms with Crippen molar-refractivity contribution in [3.63, 3.8) is 0 Å². The molecule has 7 heteroatoms. The summed E-state index contributed by atoms with van der Waals surface area (Å²) in [5, 5.41) is 3.84. The molecule has 6 nitrogen and oxygen atoms in total. The molecule has 0 bridgehead atoms. The monoisotopic (exact) mass is 245 g/mol. The summed E-state index contributed by atoms with van der Waals surface area (Å²) < 4.78 is 30.0. The van der Waals surface area contributed by atoms with E-state index in [1.54, 1.807) is 6.92 Å². The Morgan fingerprint density at radius 2 is 2.31 bits per heavy atom. The molecule has 0 saturated carbocycles. The van der Waals surface area contributed by atoms with E-state index in [4.69, 9.17) is 10.3 Å². The van der Waals surface area contributed by atoms with Crippen molar-refractivity contribution >= 4 is 10.0 Å². The summed E-state index contributed by atoms with van der Waals surface area (Å²) >= 11 is 0. The van der Waals surface area contributed by atoms with E-state index in [0.717, 1.165) is 11.3 Å². The predicted molar refractivity (Wildman–Crippen MR) is 58.0 cm³/mol. The molecule has 0 aromatic carbocycles. The van der Waals surface area contributed by atoms with Crippen molar-refractivity contribution in [2.75, 3.05) is 12.3 Å². The van der Waals surface area contributed by atoms with Gasteiger partial charge >= 0.3 is 0 Å². The maximum absolute atomic E-state index is 11.7. The van der Waals surface area contributed by atoms with Gasteiger partial charge in [-0.05, 0) is 6.92 Å². The van der Waals surface area contributed by atoms with E-state index in [1.807, 2.05) is 0 Å². The number of hydrogen-bond donors (Lipinski definition) is 1. The van der Waals surface area contributed by atoms with Crippen molar-refractivity contribution in [3.05, 3.63) is 17.0 Å². The Bertz CT molecular complexity index is 467. The van der Waals surface area contributed by atoms with Gasteiger partial charge in [0.05, 0.1) is 5.75 Å². The predicted octanol–water partition coefficient (Wildman–Crippen LogP) is -0.159. The molecule has 1 aromatic heterocycles. The van der Waals surface area contributed by atoms with Crippen LogP contribution in [-0.2, 0) is 29.5 Å². The molecule has 0 unspecified atom stereocenters. The maximum Gasteiger partial charge on any atom is 0.214 e. The second kappa shape index (κ2) is 4.15. The van der Waals surface area contributed by atoms with E-state index in [0.29, 0.717) is 25.2 Å². The van der Waals surface area contributed by atoms with E-state index < -0.39 is 10.0 Å². The lowest BCUT2D eigenvalue weighted by Crippen LogP contribution is -2.36. The number of sulfonamides is 1. The third-order valence-corrected chi connectivity index (χ3v) is 4.65. The van der Waals surface area contributed by atoms with Crippen molar-refractivity contribution in [1.29, 1.82) is 0 Å². The highest BCUT2D eigenvalue weighted by atomic mass is 32.2. The number of aromatic nitrogens is 1. The quantitative estimate of drug-likeness (QED) is 0.799. The van der Waals surface area contributed by atoms with Gasteiger partial charge in [0, 0.05) is 31.6 Å². The van der Waals surface area contributed by atoms with Crippen molar-refractivity contribution in [1.82, 2.24) is 9.46 Å². The van der Waals surface area contributed by atoms with Gasteiger partial charge in [0.15, 0.2) is 0 Å². The van der Waals surface area contributed by atoms with Gasteiger partial charge in [-0.15, -0.1) is 0 Å². The molecule has 1 aromatic rings. The van der Waals surface area contributed by atoms with Crippen molar-refractivity contribution in [3.8, 4) is 0 Å². The van der Waals surface area contributed by atoms with Crippen LogP contribution in [-0.4, -0.2) is 30.2 Å². The first-order chi connectivity index (χ1) is 7.58. The summed E-state index contributed by atoms with van der Waals surface area (Å²) in [6, 6.07) is 0. The Hall–Kier alpha value is -0.920. The Balaban J connectivity index is 2.29. The van der Waals surface area contributed by atoms with Gasteiger partial charge in [-0.1, -0.05) is 5.16 Å². The third-order valence-electron chi connectivity index (χ3n) is 2.83. The Morgan fingerprint density at radius 3 is 2.94 bits per heavy atom. The fourth-order valence-electron chi connectivity index (χ4n) is 1.82. The van der Waals surface area contributed by atoms with Crippen LogP contribution in [0.15, 0.2) is 4.52 Å². The Kier molecular flexibility index (Phi) is 3.00. The topological polar surface area (TPSA) is 89.4 Å². The molecular formula is C9H15N3O3S. The van der Waals surface area contributed by atoms with Crippen LogP contribution < -0.4 is 5.73 Å². The molecule has 1 aliphatic rings. The second-order valence-corrected chi connectivity index (χ2v) is 5.98. The van der Waals surface area contributed by atoms with Gasteiger partial charge in [-0.3, -0.25) is 0 Å². The summed E-state index contributed by atoms with van der Waals surface area (Å²) in [4.78, 5) is 0. The van der Waals surface area contributed by atoms with Gasteiger partial charge in [0.1, 0.15) is 11.5 Å². The maximum atomic E-state index is 11.7. The van der Waals surface area contributed by atoms with Crippen LogP contribution in [0.5, 0.6) is 0 Å². The van der Waals surface area contributed by atoms with Crippen LogP contribution in [0.2, 0.25) is 0 Å². The molecule has 0 aliphatic carbocycles. The van der Waals surface area contributed by atoms with Gasteiger partial charge in [-0.25, -0.2) is 8.42 Å². The first-order valence-electron chi connectivity index (χ1n) is 5.22. The largest absolute Gasteiger partial charge is 0.361 e. The SMILES string of the molecule is CCS(=O)(=O)N1CCc2onc(CN)c2C1. The molecule has 16 heavy (non-hydrogen) atoms. The minimum atomic E-state index is -3.14. The lowest BCUT2D eigenvalue weighted by atomic mass is 10.1. The number of hydrogen-bond acceptors (Lipinski definition) is 5. The van der Waals surface area contributed by atoms with Crippen molar-refractivity contribution < 1.29 is 12.9 Å². The number of rotatable bonds is 3. The summed E-state index contributed by atoms with van der Waals surface area (Å²) in [6.45, 7) is 2.71. The average molecular weight is 245 g/mol. The van der Waals surface area contributed by atoms with Crippen LogP contribution in [0.4, 0.5) is 0 Å². The van der Waals surface area contributed by atoms with Gasteiger partial charge in [0.25, 0.3) is 0 Å². The third kappa shape index (κ3) is 1.85. The van der Waals surface area contributed by atoms with E-state index >= 15 is 0 Å². The highest BCUT2D eigenvalue weighted by molar-refractivity contribution is 7.89. The summed E-state index contributed by atoms with van der Waals surface area (Å²) in [7, 11) is -3.14. The van der Waals surface area contributed by atoms with Gasteiger partial charge < -0.3 is 10.3 Å². The molecule has 0 amide bonds. The molecule has 0 spiro atoms. The van der Waals surface area contributed by atoms with E-state index in [-0.39, 0.29) is 12.3 Å². The number of nitrogens with two attached hydrogens (primary N) is 1. The highest BCUT2D eigenvalue weighted by Gasteiger charge is 2.29. The lowest BCUT2D eigenvalue weighted by molar-refractivity contribution is 0.331. The molecule has 1 aliphatic heterocycles. The van der Waals surface area contributed by atoms with Crippen LogP contribution in [0, 0.1) is 0 Å². The van der Waals surface area contributed by atoms with E-state index in [2.05, 4.69) is 5.16 Å². The molecule has 2 N–H and O–H groups in total. The molecule has 0 fully saturated rings. The summed E-state index contributed by atoms with van der Waals surface area (Å²) in [5.74, 6) is 0.883. The molecule has 2 heterocycles. The van der Waals surface area contributed by atoms with Gasteiger partial charge in [-0.2, -0.15) is 4.31 Å². The van der Waals surface area contributed by atoms with Crippen LogP contribution in [0.25, 0.3) is 0 Å². The molecular weight excluding hydrogens is 230 g/mol. The van der Waals surface area contributed by atoms with E-state index in [9.17, 15) is 8.42 Å². The standard InChI is InChI=1S/C9H15N3O3S/c1-2-16(13,14)12-4-3-9-7(6-12)8(5-10)11-15-9/h2-6,10H2,1H3. The van der Waals surface area contributed by atoms with Crippen LogP contribution in [0.1, 0.15) is 23.9 Å². The Labute approximate surface area is 94.4 Å². The lowest BCUT2D eigenvalue weighted by Gasteiger charge is -2.24. The number of fused-ring (bicyclic) bond motifs is 1. The zero-order chi connectivity index (χ0) is 11.8. The van der Waals surface area contributed by atoms with Crippen LogP contribution in [0.3, 0.4) is 0 Å².